The SMILES string of the molecule is COCc1nnc2n1-c1sc(Cl)cc1C(c1ccccc1Cl)=NC2. The van der Waals surface area contributed by atoms with Gasteiger partial charge in [-0.05, 0) is 12.1 Å². The summed E-state index contributed by atoms with van der Waals surface area (Å²) in [6.45, 7) is 0.777. The highest BCUT2D eigenvalue weighted by Gasteiger charge is 2.26. The Morgan fingerprint density at radius 3 is 2.83 bits per heavy atom. The second-order valence-corrected chi connectivity index (χ2v) is 7.28. The number of halogens is 2. The molecule has 0 bridgehead atoms. The molecule has 0 N–H and O–H groups in total. The van der Waals surface area contributed by atoms with E-state index in [9.17, 15) is 0 Å². The van der Waals surface area contributed by atoms with E-state index in [1.807, 2.05) is 34.9 Å². The maximum Gasteiger partial charge on any atom is 0.164 e. The molecule has 0 unspecified atom stereocenters. The van der Waals surface area contributed by atoms with E-state index in [1.54, 1.807) is 7.11 Å². The van der Waals surface area contributed by atoms with E-state index in [0.717, 1.165) is 33.5 Å². The zero-order chi connectivity index (χ0) is 16.7. The summed E-state index contributed by atoms with van der Waals surface area (Å²) in [5.41, 5.74) is 2.61. The summed E-state index contributed by atoms with van der Waals surface area (Å²) in [4.78, 5) is 4.74. The largest absolute Gasteiger partial charge is 0.377 e. The van der Waals surface area contributed by atoms with Gasteiger partial charge in [-0.25, -0.2) is 0 Å². The van der Waals surface area contributed by atoms with Gasteiger partial charge in [-0.1, -0.05) is 41.4 Å². The Kier molecular flexibility index (Phi) is 4.14. The van der Waals surface area contributed by atoms with E-state index < -0.39 is 0 Å². The fourth-order valence-corrected chi connectivity index (χ4v) is 4.20. The maximum absolute atomic E-state index is 6.39. The molecule has 1 aliphatic heterocycles. The lowest BCUT2D eigenvalue weighted by molar-refractivity contribution is 0.176. The summed E-state index contributed by atoms with van der Waals surface area (Å²) in [6.07, 6.45) is 0. The minimum atomic E-state index is 0.364. The Balaban J connectivity index is 1.94. The molecule has 0 fully saturated rings. The predicted molar refractivity (Wildman–Crippen MR) is 95.8 cm³/mol. The van der Waals surface area contributed by atoms with Crippen molar-refractivity contribution in [2.75, 3.05) is 7.11 Å². The molecule has 3 aromatic rings. The van der Waals surface area contributed by atoms with Crippen LogP contribution in [0.1, 0.15) is 22.8 Å². The number of thiophene rings is 1. The highest BCUT2D eigenvalue weighted by molar-refractivity contribution is 7.19. The molecule has 0 spiro atoms. The van der Waals surface area contributed by atoms with E-state index >= 15 is 0 Å². The van der Waals surface area contributed by atoms with Crippen LogP contribution in [0.5, 0.6) is 0 Å². The first kappa shape index (κ1) is 15.8. The zero-order valence-electron chi connectivity index (χ0n) is 12.7. The van der Waals surface area contributed by atoms with Crippen molar-refractivity contribution in [2.45, 2.75) is 13.2 Å². The topological polar surface area (TPSA) is 52.3 Å². The van der Waals surface area contributed by atoms with Crippen molar-refractivity contribution in [1.82, 2.24) is 14.8 Å². The Morgan fingerprint density at radius 2 is 2.04 bits per heavy atom. The highest BCUT2D eigenvalue weighted by atomic mass is 35.5. The number of nitrogens with zero attached hydrogens (tertiary/aromatic N) is 4. The van der Waals surface area contributed by atoms with Crippen LogP contribution < -0.4 is 0 Å². The maximum atomic E-state index is 6.39. The molecule has 8 heteroatoms. The van der Waals surface area contributed by atoms with Crippen LogP contribution in [0.25, 0.3) is 5.00 Å². The van der Waals surface area contributed by atoms with Gasteiger partial charge in [0, 0.05) is 23.3 Å². The van der Waals surface area contributed by atoms with Crippen LogP contribution in [0.3, 0.4) is 0 Å². The molecule has 0 aliphatic carbocycles. The number of hydrogen-bond acceptors (Lipinski definition) is 5. The average Bonchev–Trinajstić information content (AvgIpc) is 3.09. The lowest BCUT2D eigenvalue weighted by Gasteiger charge is -2.09. The molecule has 0 radical (unpaired) electrons. The number of methoxy groups -OCH3 is 1. The van der Waals surface area contributed by atoms with Crippen LogP contribution in [-0.2, 0) is 17.9 Å². The molecule has 24 heavy (non-hydrogen) atoms. The lowest BCUT2D eigenvalue weighted by atomic mass is 10.0. The van der Waals surface area contributed by atoms with Crippen LogP contribution >= 0.6 is 34.5 Å². The van der Waals surface area contributed by atoms with E-state index in [2.05, 4.69) is 10.2 Å². The second-order valence-electron chi connectivity index (χ2n) is 5.21. The first-order chi connectivity index (χ1) is 11.7. The van der Waals surface area contributed by atoms with Crippen molar-refractivity contribution in [3.05, 3.63) is 62.5 Å². The quantitative estimate of drug-likeness (QED) is 0.688. The number of aromatic nitrogens is 3. The lowest BCUT2D eigenvalue weighted by Crippen LogP contribution is -2.07. The number of fused-ring (bicyclic) bond motifs is 3. The Hall–Kier alpha value is -1.73. The normalized spacial score (nSPS) is 13.2. The van der Waals surface area contributed by atoms with Gasteiger partial charge in [0.1, 0.15) is 18.2 Å². The van der Waals surface area contributed by atoms with Gasteiger partial charge in [0.25, 0.3) is 0 Å². The van der Waals surface area contributed by atoms with Gasteiger partial charge in [-0.15, -0.1) is 21.5 Å². The van der Waals surface area contributed by atoms with Gasteiger partial charge < -0.3 is 4.74 Å². The summed E-state index contributed by atoms with van der Waals surface area (Å²) in [5, 5.41) is 10.0. The molecule has 122 valence electrons. The summed E-state index contributed by atoms with van der Waals surface area (Å²) in [5.74, 6) is 1.48. The number of ether oxygens (including phenoxy) is 1. The average molecular weight is 379 g/mol. The molecule has 1 aromatic carbocycles. The van der Waals surface area contributed by atoms with Crippen molar-refractivity contribution in [3.8, 4) is 5.00 Å². The Morgan fingerprint density at radius 1 is 1.21 bits per heavy atom. The van der Waals surface area contributed by atoms with Gasteiger partial charge >= 0.3 is 0 Å². The number of hydrogen-bond donors (Lipinski definition) is 0. The number of aliphatic imine (C=N–C) groups is 1. The zero-order valence-corrected chi connectivity index (χ0v) is 15.0. The van der Waals surface area contributed by atoms with E-state index in [-0.39, 0.29) is 0 Å². The second kappa shape index (κ2) is 6.29. The van der Waals surface area contributed by atoms with E-state index in [0.29, 0.717) is 22.5 Å². The first-order valence-electron chi connectivity index (χ1n) is 7.20. The molecule has 0 saturated heterocycles. The van der Waals surface area contributed by atoms with Crippen LogP contribution in [0, 0.1) is 0 Å². The molecule has 0 atom stereocenters. The Bertz CT molecular complexity index is 947. The third-order valence-corrected chi connectivity index (χ3v) is 5.30. The van der Waals surface area contributed by atoms with Gasteiger partial charge in [0.05, 0.1) is 10.0 Å². The molecular weight excluding hydrogens is 367 g/mol. The van der Waals surface area contributed by atoms with Crippen LogP contribution in [0.4, 0.5) is 0 Å². The van der Waals surface area contributed by atoms with Crippen molar-refractivity contribution in [3.63, 3.8) is 0 Å². The van der Waals surface area contributed by atoms with Crippen LogP contribution in [0.2, 0.25) is 9.36 Å². The summed E-state index contributed by atoms with van der Waals surface area (Å²) in [7, 11) is 1.63. The van der Waals surface area contributed by atoms with Gasteiger partial charge in [-0.3, -0.25) is 9.56 Å². The third kappa shape index (κ3) is 2.56. The standard InChI is InChI=1S/C16H12Cl2N4OS/c1-23-8-14-21-20-13-7-19-15(9-4-2-3-5-11(9)17)10-6-12(18)24-16(10)22(13)14/h2-6H,7-8H2,1H3. The molecule has 0 amide bonds. The number of benzene rings is 1. The fourth-order valence-electron chi connectivity index (χ4n) is 2.72. The monoisotopic (exact) mass is 378 g/mol. The fraction of sp³-hybridized carbons (Fsp3) is 0.188. The van der Waals surface area contributed by atoms with Crippen molar-refractivity contribution in [2.24, 2.45) is 4.99 Å². The molecule has 5 nitrogen and oxygen atoms in total. The molecule has 0 saturated carbocycles. The van der Waals surface area contributed by atoms with Crippen molar-refractivity contribution in [1.29, 1.82) is 0 Å². The molecular formula is C16H12Cl2N4OS. The van der Waals surface area contributed by atoms with E-state index in [1.165, 1.54) is 11.3 Å². The summed E-state index contributed by atoms with van der Waals surface area (Å²) < 4.78 is 7.88. The summed E-state index contributed by atoms with van der Waals surface area (Å²) >= 11 is 14.2. The molecule has 3 heterocycles. The van der Waals surface area contributed by atoms with E-state index in [4.69, 9.17) is 32.9 Å². The van der Waals surface area contributed by atoms with Gasteiger partial charge in [0.2, 0.25) is 0 Å². The smallest absolute Gasteiger partial charge is 0.164 e. The van der Waals surface area contributed by atoms with Gasteiger partial charge in [0.15, 0.2) is 11.6 Å². The van der Waals surface area contributed by atoms with Crippen molar-refractivity contribution >= 4 is 40.3 Å². The molecule has 2 aromatic heterocycles. The number of rotatable bonds is 3. The van der Waals surface area contributed by atoms with Crippen LogP contribution in [0.15, 0.2) is 35.3 Å². The molecule has 4 rings (SSSR count). The Labute approximate surface area is 152 Å². The summed E-state index contributed by atoms with van der Waals surface area (Å²) in [6, 6.07) is 9.57. The minimum Gasteiger partial charge on any atom is -0.377 e. The predicted octanol–water partition coefficient (Wildman–Crippen LogP) is 4.13. The van der Waals surface area contributed by atoms with Crippen molar-refractivity contribution < 1.29 is 4.74 Å². The van der Waals surface area contributed by atoms with Gasteiger partial charge in [-0.2, -0.15) is 0 Å². The first-order valence-corrected chi connectivity index (χ1v) is 8.78. The van der Waals surface area contributed by atoms with Crippen LogP contribution in [-0.4, -0.2) is 27.6 Å². The third-order valence-electron chi connectivity index (χ3n) is 3.72. The minimum absolute atomic E-state index is 0.364. The highest BCUT2D eigenvalue weighted by Crippen LogP contribution is 2.36. The molecule has 1 aliphatic rings.